The van der Waals surface area contributed by atoms with E-state index in [0.29, 0.717) is 69.4 Å². The molecule has 1 heterocycles. The van der Waals surface area contributed by atoms with Gasteiger partial charge in [0.25, 0.3) is 0 Å². The van der Waals surface area contributed by atoms with Crippen molar-refractivity contribution in [2.24, 2.45) is 17.4 Å². The zero-order chi connectivity index (χ0) is 41.9. The van der Waals surface area contributed by atoms with E-state index >= 15 is 0 Å². The fourth-order valence-corrected chi connectivity index (χ4v) is 8.29. The zero-order valence-corrected chi connectivity index (χ0v) is 35.6. The normalized spacial score (nSPS) is 15.3. The number of amides is 4. The lowest BCUT2D eigenvalue weighted by Crippen LogP contribution is -2.56. The van der Waals surface area contributed by atoms with Crippen molar-refractivity contribution in [1.82, 2.24) is 31.2 Å². The maximum absolute atomic E-state index is 14.0. The Labute approximate surface area is 345 Å². The van der Waals surface area contributed by atoms with Crippen molar-refractivity contribution in [1.29, 1.82) is 0 Å². The number of rotatable bonds is 25. The number of ether oxygens (including phenoxy) is 1. The molecule has 0 bridgehead atoms. The minimum absolute atomic E-state index is 0.0137. The lowest BCUT2D eigenvalue weighted by atomic mass is 10.0. The standard InChI is InChI=1S/C40H64N8O7S2/c1-25(2)21-33(47-40(54)55-23-27-13-7-6-8-14-27)37(51)45-32(16-10-12-20-48(4)5)36(50)44-31(15-9-11-19-41)35(49)43-28-17-18-30-34(22-28)57-38(46-30)26(3)56-24-29(42)39(52)53/h6-8,13-14,22,25-26,29,31-33,39,52-53H,9-12,15-21,23-24,41-42H2,1-5H3,(H,43,49)(H,44,50)(H,45,51)(H,47,54)/t26?,29-,31+,32+,33+/m1/s1. The number of aromatic nitrogens is 1. The number of carbonyl (C=O) groups excluding carboxylic acids is 4. The summed E-state index contributed by atoms with van der Waals surface area (Å²) in [5, 5.41) is 31.1. The molecule has 1 aliphatic rings. The average Bonchev–Trinajstić information content (AvgIpc) is 3.60. The highest BCUT2D eigenvalue weighted by Gasteiger charge is 2.31. The van der Waals surface area contributed by atoms with Gasteiger partial charge in [-0.15, -0.1) is 23.1 Å². The molecular formula is C40H64N8O7S2. The summed E-state index contributed by atoms with van der Waals surface area (Å²) in [5.41, 5.74) is 14.0. The van der Waals surface area contributed by atoms with Gasteiger partial charge in [0.15, 0.2) is 6.29 Å². The number of aliphatic hydroxyl groups excluding tert-OH is 1. The number of thioether (sulfide) groups is 1. The number of nitrogens with one attached hydrogen (secondary N) is 4. The second-order valence-electron chi connectivity index (χ2n) is 15.2. The van der Waals surface area contributed by atoms with E-state index in [0.717, 1.165) is 34.1 Å². The number of aliphatic hydroxyl groups is 2. The number of alkyl carbamates (subject to hydrolysis) is 1. The van der Waals surface area contributed by atoms with E-state index in [1.165, 1.54) is 23.1 Å². The third-order valence-electron chi connectivity index (χ3n) is 9.32. The molecule has 10 N–H and O–H groups in total. The molecule has 15 nitrogen and oxygen atoms in total. The van der Waals surface area contributed by atoms with Gasteiger partial charge in [0, 0.05) is 11.4 Å². The van der Waals surface area contributed by atoms with Gasteiger partial charge in [-0.25, -0.2) is 9.78 Å². The number of benzene rings is 1. The molecular weight excluding hydrogens is 769 g/mol. The molecule has 17 heteroatoms. The van der Waals surface area contributed by atoms with Crippen LogP contribution in [-0.4, -0.2) is 107 Å². The Balaban J connectivity index is 1.73. The van der Waals surface area contributed by atoms with Gasteiger partial charge in [0.05, 0.1) is 21.9 Å². The summed E-state index contributed by atoms with van der Waals surface area (Å²) in [6.07, 6.45) is 4.48. The third kappa shape index (κ3) is 17.4. The zero-order valence-electron chi connectivity index (χ0n) is 34.0. The summed E-state index contributed by atoms with van der Waals surface area (Å²) in [6.45, 7) is 7.15. The van der Waals surface area contributed by atoms with Crippen LogP contribution in [0, 0.1) is 5.92 Å². The number of carbonyl (C=O) groups is 4. The molecule has 57 heavy (non-hydrogen) atoms. The van der Waals surface area contributed by atoms with Crippen LogP contribution in [0.15, 0.2) is 36.0 Å². The third-order valence-corrected chi connectivity index (χ3v) is 12.0. The molecule has 0 radical (unpaired) electrons. The van der Waals surface area contributed by atoms with Crippen molar-refractivity contribution in [2.75, 3.05) is 32.9 Å². The van der Waals surface area contributed by atoms with Gasteiger partial charge >= 0.3 is 6.09 Å². The Bertz CT molecular complexity index is 1590. The highest BCUT2D eigenvalue weighted by Crippen LogP contribution is 2.36. The molecule has 1 aliphatic carbocycles. The first-order valence-electron chi connectivity index (χ1n) is 19.8. The van der Waals surface area contributed by atoms with Gasteiger partial charge < -0.3 is 52.6 Å². The van der Waals surface area contributed by atoms with E-state index in [-0.39, 0.29) is 23.7 Å². The lowest BCUT2D eigenvalue weighted by molar-refractivity contribution is -0.132. The van der Waals surface area contributed by atoms with Crippen molar-refractivity contribution >= 4 is 53.0 Å². The first-order valence-corrected chi connectivity index (χ1v) is 21.7. The predicted molar refractivity (Wildman–Crippen MR) is 226 cm³/mol. The van der Waals surface area contributed by atoms with Crippen LogP contribution < -0.4 is 32.7 Å². The van der Waals surface area contributed by atoms with Crippen molar-refractivity contribution in [3.05, 3.63) is 57.2 Å². The van der Waals surface area contributed by atoms with E-state index in [9.17, 15) is 29.4 Å². The lowest BCUT2D eigenvalue weighted by Gasteiger charge is -2.26. The van der Waals surface area contributed by atoms with Crippen LogP contribution >= 0.6 is 23.1 Å². The molecule has 0 fully saturated rings. The van der Waals surface area contributed by atoms with Crippen molar-refractivity contribution in [3.63, 3.8) is 0 Å². The second kappa shape index (κ2) is 25.0. The van der Waals surface area contributed by atoms with Crippen molar-refractivity contribution < 1.29 is 34.1 Å². The van der Waals surface area contributed by atoms with Crippen LogP contribution in [0.3, 0.4) is 0 Å². The summed E-state index contributed by atoms with van der Waals surface area (Å²) in [7, 11) is 3.94. The molecule has 2 aromatic rings. The van der Waals surface area contributed by atoms with E-state index in [4.69, 9.17) is 21.2 Å². The van der Waals surface area contributed by atoms with Gasteiger partial charge in [-0.05, 0) is 109 Å². The smallest absolute Gasteiger partial charge is 0.408 e. The highest BCUT2D eigenvalue weighted by molar-refractivity contribution is 7.99. The maximum Gasteiger partial charge on any atom is 0.408 e. The summed E-state index contributed by atoms with van der Waals surface area (Å²) in [5.74, 6) is -0.947. The molecule has 1 unspecified atom stereocenters. The number of hydrogen-bond acceptors (Lipinski definition) is 13. The predicted octanol–water partition coefficient (Wildman–Crippen LogP) is 3.15. The second-order valence-corrected chi connectivity index (χ2v) is 17.6. The molecule has 0 saturated carbocycles. The highest BCUT2D eigenvalue weighted by atomic mass is 32.2. The van der Waals surface area contributed by atoms with Crippen molar-refractivity contribution in [2.45, 2.75) is 121 Å². The number of nitrogens with zero attached hydrogens (tertiary/aromatic N) is 2. The SMILES string of the molecule is CC(C)C[C@H](NC(=O)OCc1ccccc1)C(=O)N[C@@H](CCCCN(C)C)C(=O)N[C@@H](CCCCN)C(=O)NC1=Cc2sc(C(C)SC[C@@H](N)C(O)O)nc2CC1. The molecule has 1 aromatic heterocycles. The Morgan fingerprint density at radius 1 is 0.912 bits per heavy atom. The largest absolute Gasteiger partial charge is 0.445 e. The minimum Gasteiger partial charge on any atom is -0.445 e. The molecule has 4 amide bonds. The molecule has 0 aliphatic heterocycles. The van der Waals surface area contributed by atoms with E-state index < -0.39 is 48.4 Å². The van der Waals surface area contributed by atoms with Crippen LogP contribution in [0.2, 0.25) is 0 Å². The first kappa shape index (κ1) is 47.8. The van der Waals surface area contributed by atoms with E-state index in [1.54, 1.807) is 0 Å². The molecule has 5 atom stereocenters. The number of fused-ring (bicyclic) bond motifs is 1. The van der Waals surface area contributed by atoms with Gasteiger partial charge in [0.1, 0.15) is 29.7 Å². The molecule has 0 spiro atoms. The van der Waals surface area contributed by atoms with Gasteiger partial charge in [-0.3, -0.25) is 14.4 Å². The summed E-state index contributed by atoms with van der Waals surface area (Å²) < 4.78 is 5.39. The number of aryl methyl sites for hydroxylation is 1. The van der Waals surface area contributed by atoms with Crippen LogP contribution in [0.5, 0.6) is 0 Å². The molecule has 318 valence electrons. The summed E-state index contributed by atoms with van der Waals surface area (Å²) in [6, 6.07) is 5.68. The first-order chi connectivity index (χ1) is 27.2. The van der Waals surface area contributed by atoms with Gasteiger partial charge in [-0.2, -0.15) is 0 Å². The Morgan fingerprint density at radius 2 is 1.56 bits per heavy atom. The number of nitrogens with two attached hydrogens (primary N) is 2. The van der Waals surface area contributed by atoms with Crippen molar-refractivity contribution in [3.8, 4) is 0 Å². The maximum atomic E-state index is 14.0. The average molecular weight is 833 g/mol. The van der Waals surface area contributed by atoms with E-state index in [1.807, 2.05) is 76.2 Å². The fraction of sp³-hybridized carbons (Fsp3) is 0.625. The Hall–Kier alpha value is -3.58. The molecule has 1 aromatic carbocycles. The molecule has 3 rings (SSSR count). The topological polar surface area (TPSA) is 234 Å². The monoisotopic (exact) mass is 832 g/mol. The minimum atomic E-state index is -1.59. The Kier molecular flexibility index (Phi) is 21.0. The quantitative estimate of drug-likeness (QED) is 0.0533. The van der Waals surface area contributed by atoms with Gasteiger partial charge in [-0.1, -0.05) is 44.2 Å². The number of hydrogen-bond donors (Lipinski definition) is 8. The summed E-state index contributed by atoms with van der Waals surface area (Å²) in [4.78, 5) is 62.2. The fourth-order valence-electron chi connectivity index (χ4n) is 6.05. The van der Waals surface area contributed by atoms with E-state index in [2.05, 4.69) is 21.3 Å². The Morgan fingerprint density at radius 3 is 2.19 bits per heavy atom. The van der Waals surface area contributed by atoms with Gasteiger partial charge in [0.2, 0.25) is 17.7 Å². The number of unbranched alkanes of at least 4 members (excludes halogenated alkanes) is 2. The van der Waals surface area contributed by atoms with Crippen LogP contribution in [-0.2, 0) is 32.1 Å². The molecule has 0 saturated heterocycles. The summed E-state index contributed by atoms with van der Waals surface area (Å²) >= 11 is 3.01. The van der Waals surface area contributed by atoms with Crippen LogP contribution in [0.25, 0.3) is 6.08 Å². The van der Waals surface area contributed by atoms with Crippen LogP contribution in [0.1, 0.15) is 98.5 Å². The number of thiazole rings is 1. The van der Waals surface area contributed by atoms with Crippen LogP contribution in [0.4, 0.5) is 4.79 Å². The number of allylic oxidation sites excluding steroid dienone is 1.